The first-order chi connectivity index (χ1) is 8.63. The van der Waals surface area contributed by atoms with E-state index in [0.29, 0.717) is 0 Å². The van der Waals surface area contributed by atoms with Gasteiger partial charge in [-0.1, -0.05) is 29.8 Å². The van der Waals surface area contributed by atoms with Gasteiger partial charge in [0.15, 0.2) is 0 Å². The Morgan fingerprint density at radius 3 is 2.33 bits per heavy atom. The molecule has 1 aliphatic rings. The molecule has 1 fully saturated rings. The lowest BCUT2D eigenvalue weighted by Gasteiger charge is -2.29. The van der Waals surface area contributed by atoms with E-state index in [4.69, 9.17) is 0 Å². The molecule has 100 valence electrons. The fourth-order valence-corrected chi connectivity index (χ4v) is 2.84. The number of aliphatic hydroxyl groups excluding tert-OH is 1. The number of aliphatic hydroxyl groups is 1. The van der Waals surface area contributed by atoms with Crippen LogP contribution in [0.3, 0.4) is 0 Å². The lowest BCUT2D eigenvalue weighted by molar-refractivity contribution is 0.0968. The summed E-state index contributed by atoms with van der Waals surface area (Å²) in [6.45, 7) is 4.31. The smallest absolute Gasteiger partial charge is 0.0540 e. The molecule has 0 spiro atoms. The number of hydrogen-bond donors (Lipinski definition) is 1. The molecule has 0 saturated heterocycles. The van der Waals surface area contributed by atoms with Crippen molar-refractivity contribution in [3.63, 3.8) is 0 Å². The molecule has 1 aromatic carbocycles. The Morgan fingerprint density at radius 2 is 1.72 bits per heavy atom. The van der Waals surface area contributed by atoms with Gasteiger partial charge in [-0.25, -0.2) is 0 Å². The normalized spacial score (nSPS) is 24.4. The first kappa shape index (κ1) is 13.6. The van der Waals surface area contributed by atoms with E-state index in [-0.39, 0.29) is 6.10 Å². The molecule has 0 bridgehead atoms. The van der Waals surface area contributed by atoms with Crippen molar-refractivity contribution >= 4 is 0 Å². The molecule has 0 unspecified atom stereocenters. The molecule has 1 saturated carbocycles. The summed E-state index contributed by atoms with van der Waals surface area (Å²) in [7, 11) is 2.20. The van der Waals surface area contributed by atoms with Crippen LogP contribution in [0.5, 0.6) is 0 Å². The summed E-state index contributed by atoms with van der Waals surface area (Å²) in [6, 6.07) is 8.80. The Balaban J connectivity index is 1.78. The molecule has 1 aromatic rings. The highest BCUT2D eigenvalue weighted by atomic mass is 16.3. The van der Waals surface area contributed by atoms with Crippen LogP contribution in [-0.2, 0) is 6.54 Å². The van der Waals surface area contributed by atoms with Crippen molar-refractivity contribution in [2.75, 3.05) is 13.6 Å². The van der Waals surface area contributed by atoms with E-state index in [2.05, 4.69) is 43.1 Å². The lowest BCUT2D eigenvalue weighted by atomic mass is 9.87. The highest BCUT2D eigenvalue weighted by Crippen LogP contribution is 2.25. The molecule has 0 aliphatic heterocycles. The van der Waals surface area contributed by atoms with Gasteiger partial charge in [-0.05, 0) is 51.1 Å². The van der Waals surface area contributed by atoms with Crippen molar-refractivity contribution in [3.8, 4) is 0 Å². The Kier molecular flexibility index (Phi) is 4.79. The summed E-state index contributed by atoms with van der Waals surface area (Å²) in [5.74, 6) is 0.767. The Bertz CT molecular complexity index is 352. The predicted octanol–water partition coefficient (Wildman–Crippen LogP) is 2.98. The summed E-state index contributed by atoms with van der Waals surface area (Å²) in [5, 5.41) is 9.51. The van der Waals surface area contributed by atoms with E-state index >= 15 is 0 Å². The van der Waals surface area contributed by atoms with Crippen LogP contribution in [-0.4, -0.2) is 29.7 Å². The molecule has 2 heteroatoms. The highest BCUT2D eigenvalue weighted by molar-refractivity contribution is 5.21. The van der Waals surface area contributed by atoms with E-state index < -0.39 is 0 Å². The molecule has 0 aromatic heterocycles. The molecule has 0 amide bonds. The average molecular weight is 247 g/mol. The largest absolute Gasteiger partial charge is 0.393 e. The molecule has 0 heterocycles. The zero-order valence-corrected chi connectivity index (χ0v) is 11.6. The minimum Gasteiger partial charge on any atom is -0.393 e. The van der Waals surface area contributed by atoms with Crippen LogP contribution in [0.15, 0.2) is 24.3 Å². The van der Waals surface area contributed by atoms with Crippen LogP contribution >= 0.6 is 0 Å². The fourth-order valence-electron chi connectivity index (χ4n) is 2.84. The monoisotopic (exact) mass is 247 g/mol. The Labute approximate surface area is 111 Å². The number of aryl methyl sites for hydroxylation is 1. The van der Waals surface area contributed by atoms with Gasteiger partial charge in [0.25, 0.3) is 0 Å². The van der Waals surface area contributed by atoms with Gasteiger partial charge in [0.1, 0.15) is 0 Å². The quantitative estimate of drug-likeness (QED) is 0.884. The topological polar surface area (TPSA) is 23.5 Å². The first-order valence-electron chi connectivity index (χ1n) is 7.05. The van der Waals surface area contributed by atoms with Crippen molar-refractivity contribution in [1.82, 2.24) is 4.90 Å². The van der Waals surface area contributed by atoms with Gasteiger partial charge in [-0.2, -0.15) is 0 Å². The first-order valence-corrected chi connectivity index (χ1v) is 7.05. The molecule has 1 N–H and O–H groups in total. The molecule has 0 atom stereocenters. The SMILES string of the molecule is Cc1ccc(CN(C)CC2CCC(O)CC2)cc1. The van der Waals surface area contributed by atoms with Gasteiger partial charge < -0.3 is 10.0 Å². The van der Waals surface area contributed by atoms with Crippen molar-refractivity contribution in [2.45, 2.75) is 45.3 Å². The van der Waals surface area contributed by atoms with Gasteiger partial charge in [0, 0.05) is 13.1 Å². The zero-order chi connectivity index (χ0) is 13.0. The van der Waals surface area contributed by atoms with Crippen LogP contribution in [0, 0.1) is 12.8 Å². The van der Waals surface area contributed by atoms with Crippen LogP contribution in [0.1, 0.15) is 36.8 Å². The highest BCUT2D eigenvalue weighted by Gasteiger charge is 2.20. The Morgan fingerprint density at radius 1 is 1.11 bits per heavy atom. The van der Waals surface area contributed by atoms with Crippen LogP contribution in [0.2, 0.25) is 0 Å². The van der Waals surface area contributed by atoms with Gasteiger partial charge in [-0.3, -0.25) is 0 Å². The van der Waals surface area contributed by atoms with E-state index in [1.165, 1.54) is 24.0 Å². The van der Waals surface area contributed by atoms with Crippen molar-refractivity contribution in [3.05, 3.63) is 35.4 Å². The van der Waals surface area contributed by atoms with Crippen LogP contribution in [0.4, 0.5) is 0 Å². The third-order valence-electron chi connectivity index (χ3n) is 3.96. The number of hydrogen-bond acceptors (Lipinski definition) is 2. The molecule has 0 radical (unpaired) electrons. The number of nitrogens with zero attached hydrogens (tertiary/aromatic N) is 1. The molecular weight excluding hydrogens is 222 g/mol. The standard InChI is InChI=1S/C16H25NO/c1-13-3-5-14(6-4-13)11-17(2)12-15-7-9-16(18)10-8-15/h3-6,15-16,18H,7-12H2,1-2H3. The second kappa shape index (κ2) is 6.35. The van der Waals surface area contributed by atoms with Gasteiger partial charge in [0.05, 0.1) is 6.10 Å². The Hall–Kier alpha value is -0.860. The van der Waals surface area contributed by atoms with Crippen LogP contribution < -0.4 is 0 Å². The van der Waals surface area contributed by atoms with E-state index in [9.17, 15) is 5.11 Å². The second-order valence-electron chi connectivity index (χ2n) is 5.86. The minimum absolute atomic E-state index is 0.0383. The van der Waals surface area contributed by atoms with Crippen LogP contribution in [0.25, 0.3) is 0 Å². The molecular formula is C16H25NO. The summed E-state index contributed by atoms with van der Waals surface area (Å²) in [6.07, 6.45) is 4.30. The lowest BCUT2D eigenvalue weighted by Crippen LogP contribution is -2.29. The second-order valence-corrected chi connectivity index (χ2v) is 5.86. The summed E-state index contributed by atoms with van der Waals surface area (Å²) in [5.41, 5.74) is 2.71. The van der Waals surface area contributed by atoms with E-state index in [1.807, 2.05) is 0 Å². The summed E-state index contributed by atoms with van der Waals surface area (Å²) >= 11 is 0. The van der Waals surface area contributed by atoms with Crippen molar-refractivity contribution in [1.29, 1.82) is 0 Å². The zero-order valence-electron chi connectivity index (χ0n) is 11.6. The maximum Gasteiger partial charge on any atom is 0.0540 e. The molecule has 1 aliphatic carbocycles. The third-order valence-corrected chi connectivity index (χ3v) is 3.96. The third kappa shape index (κ3) is 4.11. The van der Waals surface area contributed by atoms with Gasteiger partial charge in [-0.15, -0.1) is 0 Å². The summed E-state index contributed by atoms with van der Waals surface area (Å²) < 4.78 is 0. The van der Waals surface area contributed by atoms with Crippen molar-refractivity contribution < 1.29 is 5.11 Å². The molecule has 2 nitrogen and oxygen atoms in total. The number of benzene rings is 1. The molecule has 2 rings (SSSR count). The van der Waals surface area contributed by atoms with Crippen molar-refractivity contribution in [2.24, 2.45) is 5.92 Å². The minimum atomic E-state index is -0.0383. The van der Waals surface area contributed by atoms with Gasteiger partial charge >= 0.3 is 0 Å². The van der Waals surface area contributed by atoms with E-state index in [1.54, 1.807) is 0 Å². The predicted molar refractivity (Wildman–Crippen MR) is 75.5 cm³/mol. The number of rotatable bonds is 4. The van der Waals surface area contributed by atoms with Gasteiger partial charge in [0.2, 0.25) is 0 Å². The molecule has 18 heavy (non-hydrogen) atoms. The maximum absolute atomic E-state index is 9.51. The summed E-state index contributed by atoms with van der Waals surface area (Å²) in [4.78, 5) is 2.41. The average Bonchev–Trinajstić information content (AvgIpc) is 2.35. The maximum atomic E-state index is 9.51. The van der Waals surface area contributed by atoms with E-state index in [0.717, 1.165) is 31.8 Å². The fraction of sp³-hybridized carbons (Fsp3) is 0.625.